The minimum Gasteiger partial charge on any atom is -0.345 e. The Kier molecular flexibility index (Phi) is 9.73. The van der Waals surface area contributed by atoms with Gasteiger partial charge in [0.1, 0.15) is 6.54 Å². The van der Waals surface area contributed by atoms with Crippen molar-refractivity contribution in [2.24, 2.45) is 0 Å². The SMILES string of the molecule is CCCCN(Cc1cccn1Cc1ccc(Br)cc1)C(=O)CN(C(=O)c1ccc(C)cc1)C(C)C. The van der Waals surface area contributed by atoms with Crippen LogP contribution < -0.4 is 0 Å². The van der Waals surface area contributed by atoms with E-state index in [4.69, 9.17) is 0 Å². The van der Waals surface area contributed by atoms with E-state index in [2.05, 4.69) is 51.8 Å². The van der Waals surface area contributed by atoms with E-state index >= 15 is 0 Å². The van der Waals surface area contributed by atoms with Gasteiger partial charge in [0, 0.05) is 41.1 Å². The number of unbranched alkanes of at least 4 members (excludes halogenated alkanes) is 1. The van der Waals surface area contributed by atoms with E-state index in [1.807, 2.05) is 68.1 Å². The molecule has 0 atom stereocenters. The van der Waals surface area contributed by atoms with E-state index in [9.17, 15) is 9.59 Å². The number of hydrogen-bond acceptors (Lipinski definition) is 2. The average Bonchev–Trinajstić information content (AvgIpc) is 3.27. The molecule has 0 fully saturated rings. The van der Waals surface area contributed by atoms with Crippen LogP contribution in [0, 0.1) is 6.92 Å². The van der Waals surface area contributed by atoms with Gasteiger partial charge in [0.2, 0.25) is 5.91 Å². The zero-order valence-electron chi connectivity index (χ0n) is 21.2. The summed E-state index contributed by atoms with van der Waals surface area (Å²) in [6.45, 7) is 10.0. The number of halogens is 1. The molecular formula is C29H36BrN3O2. The minimum atomic E-state index is -0.109. The van der Waals surface area contributed by atoms with Crippen LogP contribution in [-0.2, 0) is 17.9 Å². The van der Waals surface area contributed by atoms with Gasteiger partial charge in [-0.15, -0.1) is 0 Å². The number of carbonyl (C=O) groups excluding carboxylic acids is 2. The van der Waals surface area contributed by atoms with Crippen LogP contribution in [0.4, 0.5) is 0 Å². The standard InChI is InChI=1S/C29H36BrN3O2/c1-5-6-17-32(20-27-8-7-18-31(27)19-24-11-15-26(30)16-12-24)28(34)21-33(22(2)3)29(35)25-13-9-23(4)10-14-25/h7-16,18,22H,5-6,17,19-21H2,1-4H3. The van der Waals surface area contributed by atoms with Gasteiger partial charge >= 0.3 is 0 Å². The van der Waals surface area contributed by atoms with Gasteiger partial charge in [-0.25, -0.2) is 0 Å². The molecule has 0 saturated carbocycles. The first-order chi connectivity index (χ1) is 16.8. The van der Waals surface area contributed by atoms with Crippen LogP contribution in [0.3, 0.4) is 0 Å². The summed E-state index contributed by atoms with van der Waals surface area (Å²) in [5.74, 6) is -0.133. The topological polar surface area (TPSA) is 45.6 Å². The highest BCUT2D eigenvalue weighted by molar-refractivity contribution is 9.10. The quantitative estimate of drug-likeness (QED) is 0.288. The van der Waals surface area contributed by atoms with Gasteiger partial charge in [-0.1, -0.05) is 59.1 Å². The molecule has 186 valence electrons. The van der Waals surface area contributed by atoms with Gasteiger partial charge in [0.05, 0.1) is 6.54 Å². The third-order valence-electron chi connectivity index (χ3n) is 6.17. The van der Waals surface area contributed by atoms with Gasteiger partial charge in [0.25, 0.3) is 5.91 Å². The molecule has 0 spiro atoms. The summed E-state index contributed by atoms with van der Waals surface area (Å²) < 4.78 is 3.24. The Bertz CT molecular complexity index is 1100. The van der Waals surface area contributed by atoms with Gasteiger partial charge in [-0.3, -0.25) is 9.59 Å². The molecule has 0 saturated heterocycles. The van der Waals surface area contributed by atoms with Crippen LogP contribution in [-0.4, -0.2) is 45.3 Å². The normalized spacial score (nSPS) is 11.0. The maximum atomic E-state index is 13.5. The Hall–Kier alpha value is -2.86. The Morgan fingerprint density at radius 2 is 1.69 bits per heavy atom. The maximum Gasteiger partial charge on any atom is 0.254 e. The zero-order chi connectivity index (χ0) is 25.4. The van der Waals surface area contributed by atoms with Gasteiger partial charge in [-0.2, -0.15) is 0 Å². The Morgan fingerprint density at radius 1 is 1.00 bits per heavy atom. The fourth-order valence-corrected chi connectivity index (χ4v) is 4.23. The van der Waals surface area contributed by atoms with E-state index < -0.39 is 0 Å². The number of carbonyl (C=O) groups is 2. The molecule has 0 aliphatic rings. The van der Waals surface area contributed by atoms with Gasteiger partial charge < -0.3 is 14.4 Å². The van der Waals surface area contributed by atoms with Crippen molar-refractivity contribution >= 4 is 27.7 Å². The summed E-state index contributed by atoms with van der Waals surface area (Å²) >= 11 is 3.49. The van der Waals surface area contributed by atoms with Crippen molar-refractivity contribution in [2.75, 3.05) is 13.1 Å². The lowest BCUT2D eigenvalue weighted by molar-refractivity contribution is -0.133. The predicted molar refractivity (Wildman–Crippen MR) is 145 cm³/mol. The van der Waals surface area contributed by atoms with E-state index in [0.29, 0.717) is 18.7 Å². The smallest absolute Gasteiger partial charge is 0.254 e. The van der Waals surface area contributed by atoms with Crippen molar-refractivity contribution in [1.29, 1.82) is 0 Å². The number of nitrogens with zero attached hydrogens (tertiary/aromatic N) is 3. The fourth-order valence-electron chi connectivity index (χ4n) is 3.97. The molecule has 35 heavy (non-hydrogen) atoms. The van der Waals surface area contributed by atoms with E-state index in [-0.39, 0.29) is 24.4 Å². The highest BCUT2D eigenvalue weighted by atomic mass is 79.9. The second-order valence-electron chi connectivity index (χ2n) is 9.32. The van der Waals surface area contributed by atoms with E-state index in [0.717, 1.165) is 35.1 Å². The van der Waals surface area contributed by atoms with Crippen LogP contribution in [0.15, 0.2) is 71.3 Å². The number of aryl methyl sites for hydroxylation is 1. The molecule has 0 radical (unpaired) electrons. The first-order valence-corrected chi connectivity index (χ1v) is 13.1. The first-order valence-electron chi connectivity index (χ1n) is 12.3. The molecule has 0 N–H and O–H groups in total. The highest BCUT2D eigenvalue weighted by Gasteiger charge is 2.25. The fraction of sp³-hybridized carbons (Fsp3) is 0.379. The van der Waals surface area contributed by atoms with Crippen molar-refractivity contribution in [3.05, 3.63) is 93.7 Å². The van der Waals surface area contributed by atoms with Crippen molar-refractivity contribution in [1.82, 2.24) is 14.4 Å². The lowest BCUT2D eigenvalue weighted by Crippen LogP contribution is -2.46. The molecular weight excluding hydrogens is 502 g/mol. The molecule has 3 aromatic rings. The predicted octanol–water partition coefficient (Wildman–Crippen LogP) is 6.29. The minimum absolute atomic E-state index is 0.0241. The summed E-state index contributed by atoms with van der Waals surface area (Å²) in [5.41, 5.74) is 4.00. The number of hydrogen-bond donors (Lipinski definition) is 0. The molecule has 2 amide bonds. The summed E-state index contributed by atoms with van der Waals surface area (Å²) in [4.78, 5) is 30.3. The molecule has 0 unspecified atom stereocenters. The molecule has 0 aliphatic heterocycles. The molecule has 1 heterocycles. The van der Waals surface area contributed by atoms with Crippen LogP contribution in [0.1, 0.15) is 60.8 Å². The molecule has 3 rings (SSSR count). The van der Waals surface area contributed by atoms with Crippen molar-refractivity contribution < 1.29 is 9.59 Å². The number of benzene rings is 2. The molecule has 6 heteroatoms. The number of rotatable bonds is 11. The van der Waals surface area contributed by atoms with Gasteiger partial charge in [-0.05, 0) is 69.2 Å². The Labute approximate surface area is 217 Å². The van der Waals surface area contributed by atoms with Crippen LogP contribution >= 0.6 is 15.9 Å². The lowest BCUT2D eigenvalue weighted by Gasteiger charge is -2.30. The molecule has 1 aromatic heterocycles. The Balaban J connectivity index is 1.75. The highest BCUT2D eigenvalue weighted by Crippen LogP contribution is 2.16. The summed E-state index contributed by atoms with van der Waals surface area (Å²) in [6.07, 6.45) is 3.98. The Morgan fingerprint density at radius 3 is 2.31 bits per heavy atom. The third-order valence-corrected chi connectivity index (χ3v) is 6.69. The van der Waals surface area contributed by atoms with Gasteiger partial charge in [0.15, 0.2) is 0 Å². The summed E-state index contributed by atoms with van der Waals surface area (Å²) in [6, 6.07) is 19.8. The van der Waals surface area contributed by atoms with Crippen LogP contribution in [0.5, 0.6) is 0 Å². The summed E-state index contributed by atoms with van der Waals surface area (Å²) in [5, 5.41) is 0. The lowest BCUT2D eigenvalue weighted by atomic mass is 10.1. The van der Waals surface area contributed by atoms with Crippen LogP contribution in [0.25, 0.3) is 0 Å². The first kappa shape index (κ1) is 26.7. The largest absolute Gasteiger partial charge is 0.345 e. The molecule has 2 aromatic carbocycles. The van der Waals surface area contributed by atoms with E-state index in [1.165, 1.54) is 5.56 Å². The third kappa shape index (κ3) is 7.56. The van der Waals surface area contributed by atoms with Crippen molar-refractivity contribution in [3.8, 4) is 0 Å². The second-order valence-corrected chi connectivity index (χ2v) is 10.2. The zero-order valence-corrected chi connectivity index (χ0v) is 22.8. The molecule has 0 aliphatic carbocycles. The number of amides is 2. The monoisotopic (exact) mass is 537 g/mol. The van der Waals surface area contributed by atoms with Crippen molar-refractivity contribution in [2.45, 2.75) is 59.7 Å². The summed E-state index contributed by atoms with van der Waals surface area (Å²) in [7, 11) is 0. The molecule has 5 nitrogen and oxygen atoms in total. The number of aromatic nitrogens is 1. The average molecular weight is 539 g/mol. The second kappa shape index (κ2) is 12.7. The molecule has 0 bridgehead atoms. The van der Waals surface area contributed by atoms with Crippen LogP contribution in [0.2, 0.25) is 0 Å². The van der Waals surface area contributed by atoms with Crippen molar-refractivity contribution in [3.63, 3.8) is 0 Å². The van der Waals surface area contributed by atoms with E-state index in [1.54, 1.807) is 4.90 Å². The maximum absolute atomic E-state index is 13.5.